The summed E-state index contributed by atoms with van der Waals surface area (Å²) in [5.41, 5.74) is 6.79. The second-order valence-corrected chi connectivity index (χ2v) is 3.74. The van der Waals surface area contributed by atoms with Crippen LogP contribution in [0.15, 0.2) is 24.5 Å². The fourth-order valence-corrected chi connectivity index (χ4v) is 1.49. The second kappa shape index (κ2) is 4.45. The number of ether oxygens (including phenoxy) is 1. The van der Waals surface area contributed by atoms with Gasteiger partial charge in [-0.05, 0) is 25.5 Å². The standard InChI is InChI=1S/C12H14FN3O/c1-3-16-5-4-15-12(16)17-11-6-8(2)10(14)7-9(11)13/h4-7H,3,14H2,1-2H3. The van der Waals surface area contributed by atoms with Crippen LogP contribution in [0.4, 0.5) is 10.1 Å². The van der Waals surface area contributed by atoms with Gasteiger partial charge in [-0.2, -0.15) is 0 Å². The maximum absolute atomic E-state index is 13.6. The van der Waals surface area contributed by atoms with Gasteiger partial charge in [-0.1, -0.05) is 0 Å². The number of aromatic nitrogens is 2. The molecule has 5 heteroatoms. The Hall–Kier alpha value is -2.04. The molecule has 1 aromatic heterocycles. The van der Waals surface area contributed by atoms with Crippen LogP contribution in [0.3, 0.4) is 0 Å². The van der Waals surface area contributed by atoms with Crippen molar-refractivity contribution in [1.29, 1.82) is 0 Å². The normalized spacial score (nSPS) is 10.5. The Balaban J connectivity index is 2.33. The first-order valence-corrected chi connectivity index (χ1v) is 5.36. The first-order valence-electron chi connectivity index (χ1n) is 5.36. The highest BCUT2D eigenvalue weighted by atomic mass is 19.1. The summed E-state index contributed by atoms with van der Waals surface area (Å²) >= 11 is 0. The molecular weight excluding hydrogens is 221 g/mol. The van der Waals surface area contributed by atoms with Crippen molar-refractivity contribution in [3.63, 3.8) is 0 Å². The first kappa shape index (κ1) is 11.4. The lowest BCUT2D eigenvalue weighted by atomic mass is 10.2. The number of nitrogens with zero attached hydrogens (tertiary/aromatic N) is 2. The molecule has 0 spiro atoms. The molecule has 0 atom stereocenters. The number of halogens is 1. The van der Waals surface area contributed by atoms with E-state index < -0.39 is 5.82 Å². The summed E-state index contributed by atoms with van der Waals surface area (Å²) in [7, 11) is 0. The Morgan fingerprint density at radius 2 is 2.24 bits per heavy atom. The molecule has 0 aliphatic heterocycles. The SMILES string of the molecule is CCn1ccnc1Oc1cc(C)c(N)cc1F. The minimum Gasteiger partial charge on any atom is -0.422 e. The van der Waals surface area contributed by atoms with E-state index in [0.717, 1.165) is 5.56 Å². The van der Waals surface area contributed by atoms with E-state index in [9.17, 15) is 4.39 Å². The summed E-state index contributed by atoms with van der Waals surface area (Å²) in [5.74, 6) is -0.351. The fraction of sp³-hybridized carbons (Fsp3) is 0.250. The number of rotatable bonds is 3. The van der Waals surface area contributed by atoms with Crippen molar-refractivity contribution in [2.75, 3.05) is 5.73 Å². The van der Waals surface area contributed by atoms with Gasteiger partial charge in [0.2, 0.25) is 0 Å². The number of hydrogen-bond acceptors (Lipinski definition) is 3. The van der Waals surface area contributed by atoms with Crippen LogP contribution in [0.2, 0.25) is 0 Å². The van der Waals surface area contributed by atoms with Gasteiger partial charge in [-0.25, -0.2) is 9.37 Å². The van der Waals surface area contributed by atoms with E-state index in [2.05, 4.69) is 4.98 Å². The van der Waals surface area contributed by atoms with E-state index in [1.807, 2.05) is 6.92 Å². The summed E-state index contributed by atoms with van der Waals surface area (Å²) in [6.45, 7) is 4.47. The number of hydrogen-bond donors (Lipinski definition) is 1. The third-order valence-electron chi connectivity index (χ3n) is 2.54. The Bertz CT molecular complexity index is 537. The van der Waals surface area contributed by atoms with E-state index >= 15 is 0 Å². The van der Waals surface area contributed by atoms with Crippen molar-refractivity contribution in [2.45, 2.75) is 20.4 Å². The first-order chi connectivity index (χ1) is 8.11. The highest BCUT2D eigenvalue weighted by Crippen LogP contribution is 2.27. The van der Waals surface area contributed by atoms with Gasteiger partial charge in [0.1, 0.15) is 0 Å². The molecule has 0 radical (unpaired) electrons. The van der Waals surface area contributed by atoms with Gasteiger partial charge in [-0.15, -0.1) is 0 Å². The van der Waals surface area contributed by atoms with Gasteiger partial charge in [0, 0.05) is 30.7 Å². The minimum atomic E-state index is -0.487. The number of nitrogen functional groups attached to an aromatic ring is 1. The molecule has 17 heavy (non-hydrogen) atoms. The smallest absolute Gasteiger partial charge is 0.301 e. The van der Waals surface area contributed by atoms with Crippen LogP contribution in [0, 0.1) is 12.7 Å². The zero-order chi connectivity index (χ0) is 12.4. The van der Waals surface area contributed by atoms with Gasteiger partial charge in [0.25, 0.3) is 0 Å². The van der Waals surface area contributed by atoms with Gasteiger partial charge in [-0.3, -0.25) is 0 Å². The Kier molecular flexibility index (Phi) is 2.99. The van der Waals surface area contributed by atoms with Crippen molar-refractivity contribution < 1.29 is 9.13 Å². The van der Waals surface area contributed by atoms with Crippen LogP contribution < -0.4 is 10.5 Å². The molecule has 0 aliphatic carbocycles. The van der Waals surface area contributed by atoms with Crippen molar-refractivity contribution in [2.24, 2.45) is 0 Å². The summed E-state index contributed by atoms with van der Waals surface area (Å²) < 4.78 is 20.8. The Morgan fingerprint density at radius 1 is 1.47 bits per heavy atom. The maximum Gasteiger partial charge on any atom is 0.301 e. The van der Waals surface area contributed by atoms with Crippen molar-refractivity contribution in [3.05, 3.63) is 35.9 Å². The molecule has 0 bridgehead atoms. The molecule has 0 amide bonds. The summed E-state index contributed by atoms with van der Waals surface area (Å²) in [5, 5.41) is 0. The monoisotopic (exact) mass is 235 g/mol. The molecule has 1 aromatic carbocycles. The van der Waals surface area contributed by atoms with Crippen molar-refractivity contribution in [3.8, 4) is 11.8 Å². The lowest BCUT2D eigenvalue weighted by Crippen LogP contribution is -2.00. The largest absolute Gasteiger partial charge is 0.422 e. The molecule has 4 nitrogen and oxygen atoms in total. The third-order valence-corrected chi connectivity index (χ3v) is 2.54. The zero-order valence-corrected chi connectivity index (χ0v) is 9.77. The minimum absolute atomic E-state index is 0.137. The van der Waals surface area contributed by atoms with Gasteiger partial charge >= 0.3 is 6.01 Å². The van der Waals surface area contributed by atoms with Crippen LogP contribution in [0.25, 0.3) is 0 Å². The van der Waals surface area contributed by atoms with Crippen molar-refractivity contribution in [1.82, 2.24) is 9.55 Å². The number of imidazole rings is 1. The highest BCUT2D eigenvalue weighted by molar-refractivity contribution is 5.50. The average Bonchev–Trinajstić information content (AvgIpc) is 2.73. The van der Waals surface area contributed by atoms with Crippen LogP contribution in [-0.2, 0) is 6.54 Å². The third kappa shape index (κ3) is 2.22. The Labute approximate surface area is 98.8 Å². The van der Waals surface area contributed by atoms with Crippen LogP contribution in [-0.4, -0.2) is 9.55 Å². The molecule has 0 aliphatic rings. The summed E-state index contributed by atoms with van der Waals surface area (Å²) in [6, 6.07) is 3.19. The lowest BCUT2D eigenvalue weighted by Gasteiger charge is -2.09. The number of aryl methyl sites for hydroxylation is 2. The maximum atomic E-state index is 13.6. The predicted molar refractivity (Wildman–Crippen MR) is 63.5 cm³/mol. The number of anilines is 1. The van der Waals surface area contributed by atoms with E-state index in [4.69, 9.17) is 10.5 Å². The van der Waals surface area contributed by atoms with Crippen molar-refractivity contribution >= 4 is 5.69 Å². The molecule has 0 unspecified atom stereocenters. The highest BCUT2D eigenvalue weighted by Gasteiger charge is 2.10. The molecule has 2 aromatic rings. The lowest BCUT2D eigenvalue weighted by molar-refractivity contribution is 0.390. The van der Waals surface area contributed by atoms with Crippen LogP contribution in [0.1, 0.15) is 12.5 Å². The topological polar surface area (TPSA) is 53.1 Å². The predicted octanol–water partition coefficient (Wildman–Crippen LogP) is 2.73. The van der Waals surface area contributed by atoms with Crippen LogP contribution in [0.5, 0.6) is 11.8 Å². The van der Waals surface area contributed by atoms with Crippen LogP contribution >= 0.6 is 0 Å². The molecule has 2 rings (SSSR count). The molecule has 1 heterocycles. The van der Waals surface area contributed by atoms with Gasteiger partial charge in [0.15, 0.2) is 11.6 Å². The number of nitrogens with two attached hydrogens (primary N) is 1. The fourth-order valence-electron chi connectivity index (χ4n) is 1.49. The summed E-state index contributed by atoms with van der Waals surface area (Å²) in [4.78, 5) is 4.02. The average molecular weight is 235 g/mol. The Morgan fingerprint density at radius 3 is 2.94 bits per heavy atom. The van der Waals surface area contributed by atoms with Gasteiger partial charge < -0.3 is 15.0 Å². The molecule has 0 fully saturated rings. The molecule has 0 saturated carbocycles. The molecular formula is C12H14FN3O. The molecule has 90 valence electrons. The van der Waals surface area contributed by atoms with E-state index in [-0.39, 0.29) is 5.75 Å². The van der Waals surface area contributed by atoms with E-state index in [0.29, 0.717) is 18.2 Å². The number of benzene rings is 1. The quantitative estimate of drug-likeness (QED) is 0.832. The van der Waals surface area contributed by atoms with E-state index in [1.54, 1.807) is 30.0 Å². The molecule has 0 saturated heterocycles. The molecule has 2 N–H and O–H groups in total. The summed E-state index contributed by atoms with van der Waals surface area (Å²) in [6.07, 6.45) is 3.39. The van der Waals surface area contributed by atoms with E-state index in [1.165, 1.54) is 6.07 Å². The van der Waals surface area contributed by atoms with Gasteiger partial charge in [0.05, 0.1) is 0 Å². The zero-order valence-electron chi connectivity index (χ0n) is 9.77. The second-order valence-electron chi connectivity index (χ2n) is 3.74.